The van der Waals surface area contributed by atoms with Gasteiger partial charge in [-0.25, -0.2) is 0 Å². The third-order valence-corrected chi connectivity index (χ3v) is 5.06. The van der Waals surface area contributed by atoms with E-state index in [1.807, 2.05) is 18.2 Å². The molecule has 0 radical (unpaired) electrons. The van der Waals surface area contributed by atoms with Crippen molar-refractivity contribution in [2.24, 2.45) is 0 Å². The molecule has 2 aromatic heterocycles. The van der Waals surface area contributed by atoms with E-state index in [0.29, 0.717) is 19.1 Å². The Balaban J connectivity index is 1.37. The van der Waals surface area contributed by atoms with Gasteiger partial charge in [-0.3, -0.25) is 4.79 Å². The SMILES string of the molecule is O=C(CN[C@@H]1CCCN(c2cccnn2)C1)NCCc1cccs1. The van der Waals surface area contributed by atoms with Crippen LogP contribution in [-0.2, 0) is 11.2 Å². The minimum Gasteiger partial charge on any atom is -0.355 e. The van der Waals surface area contributed by atoms with Gasteiger partial charge in [0.05, 0.1) is 6.54 Å². The van der Waals surface area contributed by atoms with E-state index in [0.717, 1.165) is 38.2 Å². The van der Waals surface area contributed by atoms with Crippen LogP contribution in [0.15, 0.2) is 35.8 Å². The summed E-state index contributed by atoms with van der Waals surface area (Å²) >= 11 is 1.73. The molecule has 0 spiro atoms. The normalized spacial score (nSPS) is 17.7. The second-order valence-corrected chi connectivity index (χ2v) is 6.96. The molecule has 0 unspecified atom stereocenters. The fourth-order valence-electron chi connectivity index (χ4n) is 2.89. The Morgan fingerprint density at radius 3 is 3.12 bits per heavy atom. The van der Waals surface area contributed by atoms with Gasteiger partial charge in [0.15, 0.2) is 5.82 Å². The number of rotatable bonds is 7. The first kappa shape index (κ1) is 16.9. The number of nitrogens with zero attached hydrogens (tertiary/aromatic N) is 3. The van der Waals surface area contributed by atoms with Gasteiger partial charge in [-0.2, -0.15) is 5.10 Å². The van der Waals surface area contributed by atoms with Crippen molar-refractivity contribution in [1.82, 2.24) is 20.8 Å². The lowest BCUT2D eigenvalue weighted by Gasteiger charge is -2.33. The number of hydrogen-bond donors (Lipinski definition) is 2. The smallest absolute Gasteiger partial charge is 0.233 e. The first-order valence-electron chi connectivity index (χ1n) is 8.36. The molecule has 6 nitrogen and oxygen atoms in total. The van der Waals surface area contributed by atoms with Crippen molar-refractivity contribution >= 4 is 23.1 Å². The van der Waals surface area contributed by atoms with Crippen LogP contribution in [-0.4, -0.2) is 48.3 Å². The average Bonchev–Trinajstić information content (AvgIpc) is 3.14. The Kier molecular flexibility index (Phi) is 6.14. The molecule has 1 aliphatic heterocycles. The Morgan fingerprint density at radius 1 is 1.38 bits per heavy atom. The predicted molar refractivity (Wildman–Crippen MR) is 96.3 cm³/mol. The molecule has 1 saturated heterocycles. The molecule has 0 aromatic carbocycles. The number of hydrogen-bond acceptors (Lipinski definition) is 6. The third kappa shape index (κ3) is 5.01. The highest BCUT2D eigenvalue weighted by Crippen LogP contribution is 2.16. The van der Waals surface area contributed by atoms with Crippen LogP contribution in [0.2, 0.25) is 0 Å². The summed E-state index contributed by atoms with van der Waals surface area (Å²) in [4.78, 5) is 15.5. The molecule has 128 valence electrons. The Morgan fingerprint density at radius 2 is 2.33 bits per heavy atom. The van der Waals surface area contributed by atoms with Gasteiger partial charge in [-0.05, 0) is 42.8 Å². The van der Waals surface area contributed by atoms with Crippen molar-refractivity contribution in [3.63, 3.8) is 0 Å². The summed E-state index contributed by atoms with van der Waals surface area (Å²) in [6.45, 7) is 2.91. The monoisotopic (exact) mass is 345 g/mol. The second-order valence-electron chi connectivity index (χ2n) is 5.93. The van der Waals surface area contributed by atoms with E-state index in [2.05, 4.69) is 37.2 Å². The maximum atomic E-state index is 12.0. The van der Waals surface area contributed by atoms with Gasteiger partial charge in [0.1, 0.15) is 0 Å². The topological polar surface area (TPSA) is 70.2 Å². The Bertz CT molecular complexity index is 619. The maximum Gasteiger partial charge on any atom is 0.233 e. The molecule has 1 amide bonds. The highest BCUT2D eigenvalue weighted by Gasteiger charge is 2.21. The van der Waals surface area contributed by atoms with Crippen molar-refractivity contribution in [2.45, 2.75) is 25.3 Å². The number of carbonyl (C=O) groups is 1. The number of amides is 1. The molecule has 2 aromatic rings. The number of carbonyl (C=O) groups excluding carboxylic acids is 1. The molecular formula is C17H23N5OS. The van der Waals surface area contributed by atoms with Crippen LogP contribution in [0.5, 0.6) is 0 Å². The van der Waals surface area contributed by atoms with E-state index in [9.17, 15) is 4.79 Å². The number of thiophene rings is 1. The number of piperidine rings is 1. The van der Waals surface area contributed by atoms with Crippen LogP contribution < -0.4 is 15.5 Å². The summed E-state index contributed by atoms with van der Waals surface area (Å²) < 4.78 is 0. The molecule has 0 saturated carbocycles. The molecule has 0 aliphatic carbocycles. The highest BCUT2D eigenvalue weighted by molar-refractivity contribution is 7.09. The number of nitrogens with one attached hydrogen (secondary N) is 2. The van der Waals surface area contributed by atoms with Crippen molar-refractivity contribution in [3.05, 3.63) is 40.7 Å². The molecule has 3 heterocycles. The molecule has 24 heavy (non-hydrogen) atoms. The van der Waals surface area contributed by atoms with E-state index in [1.54, 1.807) is 17.5 Å². The summed E-state index contributed by atoms with van der Waals surface area (Å²) in [5.74, 6) is 0.965. The largest absolute Gasteiger partial charge is 0.355 e. The molecule has 1 atom stereocenters. The second kappa shape index (κ2) is 8.75. The third-order valence-electron chi connectivity index (χ3n) is 4.13. The zero-order valence-corrected chi connectivity index (χ0v) is 14.5. The van der Waals surface area contributed by atoms with Gasteiger partial charge in [0, 0.05) is 36.8 Å². The summed E-state index contributed by atoms with van der Waals surface area (Å²) in [5.41, 5.74) is 0. The lowest BCUT2D eigenvalue weighted by atomic mass is 10.1. The van der Waals surface area contributed by atoms with Crippen LogP contribution in [0.1, 0.15) is 17.7 Å². The predicted octanol–water partition coefficient (Wildman–Crippen LogP) is 1.46. The number of aromatic nitrogens is 2. The van der Waals surface area contributed by atoms with Crippen LogP contribution >= 0.6 is 11.3 Å². The minimum atomic E-state index is 0.0585. The minimum absolute atomic E-state index is 0.0585. The van der Waals surface area contributed by atoms with Gasteiger partial charge < -0.3 is 15.5 Å². The van der Waals surface area contributed by atoms with Gasteiger partial charge in [0.25, 0.3) is 0 Å². The van der Waals surface area contributed by atoms with E-state index in [1.165, 1.54) is 4.88 Å². The van der Waals surface area contributed by atoms with Crippen molar-refractivity contribution in [3.8, 4) is 0 Å². The number of anilines is 1. The zero-order valence-electron chi connectivity index (χ0n) is 13.6. The van der Waals surface area contributed by atoms with Gasteiger partial charge in [-0.1, -0.05) is 6.07 Å². The summed E-state index contributed by atoms with van der Waals surface area (Å²) in [6.07, 6.45) is 4.75. The fourth-order valence-corrected chi connectivity index (χ4v) is 3.60. The van der Waals surface area contributed by atoms with Crippen LogP contribution in [0.3, 0.4) is 0 Å². The summed E-state index contributed by atoms with van der Waals surface area (Å²) in [6, 6.07) is 8.32. The Hall–Kier alpha value is -1.99. The summed E-state index contributed by atoms with van der Waals surface area (Å²) in [7, 11) is 0. The van der Waals surface area contributed by atoms with E-state index in [4.69, 9.17) is 0 Å². The quantitative estimate of drug-likeness (QED) is 0.795. The van der Waals surface area contributed by atoms with Gasteiger partial charge in [-0.15, -0.1) is 16.4 Å². The molecule has 7 heteroatoms. The van der Waals surface area contributed by atoms with E-state index in [-0.39, 0.29) is 5.91 Å². The van der Waals surface area contributed by atoms with E-state index < -0.39 is 0 Å². The molecule has 2 N–H and O–H groups in total. The van der Waals surface area contributed by atoms with Crippen molar-refractivity contribution in [2.75, 3.05) is 31.1 Å². The van der Waals surface area contributed by atoms with Gasteiger partial charge >= 0.3 is 0 Å². The first-order valence-corrected chi connectivity index (χ1v) is 9.24. The van der Waals surface area contributed by atoms with Gasteiger partial charge in [0.2, 0.25) is 5.91 Å². The lowest BCUT2D eigenvalue weighted by molar-refractivity contribution is -0.120. The van der Waals surface area contributed by atoms with E-state index >= 15 is 0 Å². The summed E-state index contributed by atoms with van der Waals surface area (Å²) in [5, 5.41) is 16.5. The van der Waals surface area contributed by atoms with Crippen molar-refractivity contribution < 1.29 is 4.79 Å². The first-order chi connectivity index (χ1) is 11.8. The highest BCUT2D eigenvalue weighted by atomic mass is 32.1. The lowest BCUT2D eigenvalue weighted by Crippen LogP contribution is -2.48. The molecule has 1 fully saturated rings. The van der Waals surface area contributed by atoms with Crippen LogP contribution in [0, 0.1) is 0 Å². The molecule has 0 bridgehead atoms. The fraction of sp³-hybridized carbons (Fsp3) is 0.471. The Labute approximate surface area is 146 Å². The molecule has 1 aliphatic rings. The van der Waals surface area contributed by atoms with Crippen LogP contribution in [0.4, 0.5) is 5.82 Å². The average molecular weight is 345 g/mol. The maximum absolute atomic E-state index is 12.0. The zero-order chi connectivity index (χ0) is 16.6. The molecule has 3 rings (SSSR count). The molecular weight excluding hydrogens is 322 g/mol. The van der Waals surface area contributed by atoms with Crippen LogP contribution in [0.25, 0.3) is 0 Å². The standard InChI is InChI=1S/C17H23N5OS/c23-17(18-9-7-15-5-3-11-24-15)12-19-14-4-2-10-22(13-14)16-6-1-8-20-21-16/h1,3,5-6,8,11,14,19H,2,4,7,9-10,12-13H2,(H,18,23)/t14-/m1/s1. The van der Waals surface area contributed by atoms with Crippen molar-refractivity contribution in [1.29, 1.82) is 0 Å².